The van der Waals surface area contributed by atoms with Crippen molar-refractivity contribution in [1.29, 1.82) is 0 Å². The van der Waals surface area contributed by atoms with Crippen LogP contribution in [0.3, 0.4) is 0 Å². The van der Waals surface area contributed by atoms with Crippen LogP contribution in [-0.4, -0.2) is 0 Å². The first-order valence-electron chi connectivity index (χ1n) is 13.8. The smallest absolute Gasteiger partial charge is 0.249 e. The molecular weight excluding hydrogens is 423 g/mol. The molecule has 2 aromatic carbocycles. The Bertz CT molecular complexity index is 1190. The molecule has 0 radical (unpaired) electrons. The Morgan fingerprint density at radius 1 is 0.606 bits per heavy atom. The van der Waals surface area contributed by atoms with E-state index >= 15 is 0 Å². The van der Waals surface area contributed by atoms with Gasteiger partial charge in [0.05, 0.1) is 0 Å². The van der Waals surface area contributed by atoms with E-state index in [1.165, 1.54) is 124 Å². The Labute approximate surface area is 199 Å². The zero-order chi connectivity index (χ0) is 22.2. The van der Waals surface area contributed by atoms with Crippen LogP contribution in [0.2, 0.25) is 0 Å². The Kier molecular flexibility index (Phi) is 6.31. The Morgan fingerprint density at radius 3 is 1.82 bits per heavy atom. The standard InChI is InChI=1S/C30H38O2P/c31-33-29-20-24(21-10-4-1-5-11-21)16-17-26(29)28-19-25(22-12-6-2-7-13-22)18-27(30(28)32-33)23-14-8-3-9-15-23/h16-23H,1-15H2/q+1. The predicted molar refractivity (Wildman–Crippen MR) is 139 cm³/mol. The average Bonchev–Trinajstić information content (AvgIpc) is 2.90. The van der Waals surface area contributed by atoms with E-state index in [1.807, 2.05) is 0 Å². The van der Waals surface area contributed by atoms with Crippen LogP contribution in [-0.2, 0) is 4.57 Å². The van der Waals surface area contributed by atoms with Gasteiger partial charge in [-0.3, -0.25) is 0 Å². The topological polar surface area (TPSA) is 30.2 Å². The molecule has 3 aliphatic carbocycles. The van der Waals surface area contributed by atoms with Crippen LogP contribution < -0.4 is 0 Å². The van der Waals surface area contributed by atoms with E-state index in [0.717, 1.165) is 10.7 Å². The second-order valence-corrected chi connectivity index (χ2v) is 12.3. The van der Waals surface area contributed by atoms with Gasteiger partial charge in [0.15, 0.2) is 5.58 Å². The lowest BCUT2D eigenvalue weighted by molar-refractivity contribution is 0.435. The van der Waals surface area contributed by atoms with Gasteiger partial charge in [0.2, 0.25) is 5.12 Å². The molecule has 1 unspecified atom stereocenters. The van der Waals surface area contributed by atoms with Crippen LogP contribution in [0.5, 0.6) is 0 Å². The zero-order valence-corrected chi connectivity index (χ0v) is 20.9. The Morgan fingerprint density at radius 2 is 1.18 bits per heavy atom. The summed E-state index contributed by atoms with van der Waals surface area (Å²) in [6.45, 7) is 0. The van der Waals surface area contributed by atoms with Crippen LogP contribution in [0.4, 0.5) is 0 Å². The monoisotopic (exact) mass is 461 g/mol. The molecule has 174 valence electrons. The molecule has 0 N–H and O–H groups in total. The first-order valence-corrected chi connectivity index (χ1v) is 14.9. The molecular formula is C30H38O2P+. The van der Waals surface area contributed by atoms with Crippen LogP contribution in [0, 0.1) is 0 Å². The number of hydrogen-bond acceptors (Lipinski definition) is 2. The van der Waals surface area contributed by atoms with Gasteiger partial charge < -0.3 is 0 Å². The van der Waals surface area contributed by atoms with Gasteiger partial charge >= 0.3 is 7.65 Å². The molecule has 3 aromatic rings. The van der Waals surface area contributed by atoms with Crippen molar-refractivity contribution < 1.29 is 8.76 Å². The average molecular weight is 462 g/mol. The van der Waals surface area contributed by atoms with Gasteiger partial charge in [0.25, 0.3) is 0 Å². The third-order valence-electron chi connectivity index (χ3n) is 9.02. The second kappa shape index (κ2) is 9.53. The summed E-state index contributed by atoms with van der Waals surface area (Å²) in [7, 11) is -1.84. The predicted octanol–water partition coefficient (Wildman–Crippen LogP) is 10.5. The van der Waals surface area contributed by atoms with Crippen molar-refractivity contribution in [2.24, 2.45) is 0 Å². The highest BCUT2D eigenvalue weighted by molar-refractivity contribution is 7.37. The van der Waals surface area contributed by atoms with Crippen molar-refractivity contribution in [3.8, 4) is 0 Å². The molecule has 3 saturated carbocycles. The quantitative estimate of drug-likeness (QED) is 0.363. The van der Waals surface area contributed by atoms with Crippen molar-refractivity contribution in [2.75, 3.05) is 0 Å². The van der Waals surface area contributed by atoms with E-state index in [-0.39, 0.29) is 0 Å². The summed E-state index contributed by atoms with van der Waals surface area (Å²) in [6, 6.07) is 11.7. The number of benzene rings is 2. The molecule has 0 spiro atoms. The van der Waals surface area contributed by atoms with E-state index in [4.69, 9.17) is 4.20 Å². The maximum atomic E-state index is 13.4. The van der Waals surface area contributed by atoms with E-state index in [9.17, 15) is 4.57 Å². The summed E-state index contributed by atoms with van der Waals surface area (Å²) >= 11 is 0. The SMILES string of the molecule is O=[p+]1oc2c(C3CCCCC3)cc(C3CCCCC3)cc2c2ccc(C3CCCCC3)cc21. The van der Waals surface area contributed by atoms with Crippen molar-refractivity contribution in [2.45, 2.75) is 114 Å². The summed E-state index contributed by atoms with van der Waals surface area (Å²) < 4.78 is 19.8. The minimum atomic E-state index is -1.84. The van der Waals surface area contributed by atoms with Gasteiger partial charge in [-0.05, 0) is 90.2 Å². The number of rotatable bonds is 3. The van der Waals surface area contributed by atoms with E-state index < -0.39 is 7.65 Å². The first-order chi connectivity index (χ1) is 16.3. The van der Waals surface area contributed by atoms with E-state index in [1.54, 1.807) is 0 Å². The van der Waals surface area contributed by atoms with Gasteiger partial charge in [-0.2, -0.15) is 0 Å². The van der Waals surface area contributed by atoms with Gasteiger partial charge in [0, 0.05) is 16.3 Å². The highest BCUT2D eigenvalue weighted by Gasteiger charge is 2.28. The maximum absolute atomic E-state index is 13.4. The molecule has 0 bridgehead atoms. The Hall–Kier alpha value is -1.66. The third kappa shape index (κ3) is 4.29. The molecule has 3 fully saturated rings. The number of hydrogen-bond donors (Lipinski definition) is 0. The minimum absolute atomic E-state index is 0.558. The normalized spacial score (nSPS) is 22.2. The summed E-state index contributed by atoms with van der Waals surface area (Å²) in [5.74, 6) is 1.86. The van der Waals surface area contributed by atoms with Gasteiger partial charge in [0.1, 0.15) is 0 Å². The molecule has 0 amide bonds. The molecule has 3 aliphatic rings. The van der Waals surface area contributed by atoms with E-state index in [2.05, 4.69) is 30.3 Å². The Balaban J connectivity index is 1.53. The fourth-order valence-corrected chi connectivity index (χ4v) is 8.23. The second-order valence-electron chi connectivity index (χ2n) is 11.1. The molecule has 2 nitrogen and oxygen atoms in total. The van der Waals surface area contributed by atoms with Crippen LogP contribution in [0.25, 0.3) is 21.5 Å². The van der Waals surface area contributed by atoms with Crippen LogP contribution in [0.15, 0.2) is 34.5 Å². The highest BCUT2D eigenvalue weighted by atomic mass is 31.1. The lowest BCUT2D eigenvalue weighted by Crippen LogP contribution is -2.09. The fourth-order valence-electron chi connectivity index (χ4n) is 7.11. The fraction of sp³-hybridized carbons (Fsp3) is 0.600. The third-order valence-corrected chi connectivity index (χ3v) is 10.1. The van der Waals surface area contributed by atoms with Crippen molar-refractivity contribution in [3.63, 3.8) is 0 Å². The minimum Gasteiger partial charge on any atom is -0.249 e. The molecule has 33 heavy (non-hydrogen) atoms. The summed E-state index contributed by atoms with van der Waals surface area (Å²) in [5.41, 5.74) is 5.19. The van der Waals surface area contributed by atoms with Gasteiger partial charge in [-0.1, -0.05) is 69.9 Å². The molecule has 0 saturated heterocycles. The molecule has 1 heterocycles. The van der Waals surface area contributed by atoms with Crippen LogP contribution >= 0.6 is 7.65 Å². The zero-order valence-electron chi connectivity index (χ0n) is 20.0. The summed E-state index contributed by atoms with van der Waals surface area (Å²) in [5, 5.41) is 3.33. The molecule has 3 heteroatoms. The lowest BCUT2D eigenvalue weighted by atomic mass is 9.79. The summed E-state index contributed by atoms with van der Waals surface area (Å²) in [6.07, 6.45) is 19.7. The molecule has 1 aromatic heterocycles. The highest BCUT2D eigenvalue weighted by Crippen LogP contribution is 2.46. The maximum Gasteiger partial charge on any atom is 0.597 e. The molecule has 1 atom stereocenters. The van der Waals surface area contributed by atoms with Crippen molar-refractivity contribution >= 4 is 29.1 Å². The van der Waals surface area contributed by atoms with Gasteiger partial charge in [-0.15, -0.1) is 0 Å². The first kappa shape index (κ1) is 21.8. The number of fused-ring (bicyclic) bond motifs is 3. The van der Waals surface area contributed by atoms with E-state index in [0.29, 0.717) is 17.8 Å². The largest absolute Gasteiger partial charge is 0.597 e. The van der Waals surface area contributed by atoms with Gasteiger partial charge in [-0.25, -0.2) is 4.20 Å². The molecule has 0 aliphatic heterocycles. The lowest BCUT2D eigenvalue weighted by Gasteiger charge is -2.26. The van der Waals surface area contributed by atoms with Crippen LogP contribution in [0.1, 0.15) is 131 Å². The molecule has 6 rings (SSSR count). The van der Waals surface area contributed by atoms with Crippen molar-refractivity contribution in [1.82, 2.24) is 0 Å². The van der Waals surface area contributed by atoms with Crippen molar-refractivity contribution in [3.05, 3.63) is 47.0 Å². The summed E-state index contributed by atoms with van der Waals surface area (Å²) in [4.78, 5) is 0.